The van der Waals surface area contributed by atoms with Gasteiger partial charge in [-0.05, 0) is 37.0 Å². The molecular weight excluding hydrogens is 534 g/mol. The van der Waals surface area contributed by atoms with E-state index in [1.165, 1.54) is 11.1 Å². The molecule has 0 atom stereocenters. The molecule has 0 unspecified atom stereocenters. The van der Waals surface area contributed by atoms with Crippen molar-refractivity contribution in [1.82, 2.24) is 45.6 Å². The van der Waals surface area contributed by atoms with E-state index in [0.717, 1.165) is 24.0 Å². The second-order valence-electron chi connectivity index (χ2n) is 10.1. The number of unbranched alkanes of at least 4 members (excludes halogenated alkanes) is 1. The number of anilines is 1. The van der Waals surface area contributed by atoms with Crippen LogP contribution in [-0.2, 0) is 26.2 Å². The fourth-order valence-electron chi connectivity index (χ4n) is 4.38. The van der Waals surface area contributed by atoms with E-state index in [9.17, 15) is 18.4 Å². The summed E-state index contributed by atoms with van der Waals surface area (Å²) < 4.78 is 29.5. The summed E-state index contributed by atoms with van der Waals surface area (Å²) in [6.45, 7) is 3.05. The van der Waals surface area contributed by atoms with Crippen LogP contribution in [0, 0.1) is 6.92 Å². The van der Waals surface area contributed by atoms with Gasteiger partial charge >= 0.3 is 0 Å². The number of hydrogen-bond acceptors (Lipinski definition) is 8. The Bertz CT molecular complexity index is 1510. The molecule has 0 spiro atoms. The van der Waals surface area contributed by atoms with Crippen molar-refractivity contribution in [2.75, 3.05) is 18.0 Å². The third kappa shape index (κ3) is 7.47. The molecule has 2 N–H and O–H groups in total. The minimum Gasteiger partial charge on any atom is -0.358 e. The van der Waals surface area contributed by atoms with Crippen LogP contribution in [0.15, 0.2) is 55.1 Å². The highest BCUT2D eigenvalue weighted by Gasteiger charge is 2.44. The number of alkyl halides is 2. The van der Waals surface area contributed by atoms with Crippen molar-refractivity contribution in [3.63, 3.8) is 0 Å². The van der Waals surface area contributed by atoms with Crippen molar-refractivity contribution in [2.45, 2.75) is 51.9 Å². The lowest BCUT2D eigenvalue weighted by Crippen LogP contribution is -2.56. The first-order valence-corrected chi connectivity index (χ1v) is 13.2. The van der Waals surface area contributed by atoms with Crippen LogP contribution in [0.1, 0.15) is 50.5 Å². The van der Waals surface area contributed by atoms with Crippen molar-refractivity contribution in [2.24, 2.45) is 0 Å². The van der Waals surface area contributed by atoms with Gasteiger partial charge in [0.15, 0.2) is 11.4 Å². The lowest BCUT2D eigenvalue weighted by atomic mass is 10.1. The number of aromatic nitrogens is 7. The Balaban J connectivity index is 1.01. The van der Waals surface area contributed by atoms with E-state index in [4.69, 9.17) is 0 Å². The maximum atomic E-state index is 13.1. The predicted octanol–water partition coefficient (Wildman–Crippen LogP) is 2.37. The van der Waals surface area contributed by atoms with Crippen LogP contribution in [0.5, 0.6) is 0 Å². The van der Waals surface area contributed by atoms with Crippen molar-refractivity contribution in [1.29, 1.82) is 0 Å². The standard InChI is InChI=1S/C27H30F2N10O2/c1-19-5-4-6-20(9-19)12-31-25(40)23-15-38(35-33-23)7-2-3-8-39-16-24(34-36-39)26(41)32-13-21-10-22(14-30-11-21)37-17-27(28,29)18-37/h4-6,9-11,14-16H,2-3,7-8,12-13,17-18H2,1H3,(H,31,40)(H,32,41). The Morgan fingerprint density at radius 1 is 0.878 bits per heavy atom. The fourth-order valence-corrected chi connectivity index (χ4v) is 4.38. The predicted molar refractivity (Wildman–Crippen MR) is 144 cm³/mol. The van der Waals surface area contributed by atoms with Crippen molar-refractivity contribution >= 4 is 17.5 Å². The zero-order valence-electron chi connectivity index (χ0n) is 22.5. The Hall–Kier alpha value is -4.75. The summed E-state index contributed by atoms with van der Waals surface area (Å²) in [5.41, 5.74) is 3.87. The van der Waals surface area contributed by atoms with Crippen molar-refractivity contribution in [3.05, 3.63) is 83.2 Å². The van der Waals surface area contributed by atoms with E-state index in [-0.39, 0.29) is 36.9 Å². The van der Waals surface area contributed by atoms with Gasteiger partial charge in [-0.25, -0.2) is 8.78 Å². The van der Waals surface area contributed by atoms with Gasteiger partial charge in [0.25, 0.3) is 17.7 Å². The summed E-state index contributed by atoms with van der Waals surface area (Å²) in [4.78, 5) is 30.5. The molecule has 1 aliphatic heterocycles. The largest absolute Gasteiger partial charge is 0.358 e. The van der Waals surface area contributed by atoms with Gasteiger partial charge in [-0.2, -0.15) is 0 Å². The van der Waals surface area contributed by atoms with E-state index in [2.05, 4.69) is 36.2 Å². The monoisotopic (exact) mass is 564 g/mol. The van der Waals surface area contributed by atoms with Crippen LogP contribution in [-0.4, -0.2) is 65.8 Å². The second kappa shape index (κ2) is 12.2. The lowest BCUT2D eigenvalue weighted by Gasteiger charge is -2.40. The Morgan fingerprint density at radius 3 is 2.07 bits per heavy atom. The van der Waals surface area contributed by atoms with Gasteiger partial charge in [-0.3, -0.25) is 23.9 Å². The Kier molecular flexibility index (Phi) is 8.26. The van der Waals surface area contributed by atoms with Gasteiger partial charge in [0.1, 0.15) is 0 Å². The maximum absolute atomic E-state index is 13.1. The van der Waals surface area contributed by atoms with Gasteiger partial charge in [-0.1, -0.05) is 40.3 Å². The van der Waals surface area contributed by atoms with Crippen LogP contribution >= 0.6 is 0 Å². The third-order valence-corrected chi connectivity index (χ3v) is 6.55. The minimum atomic E-state index is -2.67. The average Bonchev–Trinajstić information content (AvgIpc) is 3.62. The zero-order valence-corrected chi connectivity index (χ0v) is 22.5. The number of aryl methyl sites for hydroxylation is 3. The molecule has 0 bridgehead atoms. The molecule has 1 aliphatic rings. The van der Waals surface area contributed by atoms with Crippen molar-refractivity contribution in [3.8, 4) is 0 Å². The molecule has 0 aliphatic carbocycles. The zero-order chi connectivity index (χ0) is 28.8. The SMILES string of the molecule is Cc1cccc(CNC(=O)c2cn(CCCCn3cc(C(=O)NCc4cncc(N5CC(F)(F)C5)c4)nn3)nn2)c1. The number of halogens is 2. The number of benzene rings is 1. The van der Waals surface area contributed by atoms with Gasteiger partial charge in [-0.15, -0.1) is 10.2 Å². The molecule has 4 aromatic rings. The molecule has 12 nitrogen and oxygen atoms in total. The van der Waals surface area contributed by atoms with Gasteiger partial charge in [0.2, 0.25) is 0 Å². The molecule has 1 saturated heterocycles. The number of hydrogen-bond donors (Lipinski definition) is 2. The number of nitrogens with zero attached hydrogens (tertiary/aromatic N) is 8. The van der Waals surface area contributed by atoms with E-state index in [0.29, 0.717) is 30.9 Å². The van der Waals surface area contributed by atoms with Gasteiger partial charge in [0.05, 0.1) is 37.4 Å². The molecule has 0 radical (unpaired) electrons. The molecule has 41 heavy (non-hydrogen) atoms. The maximum Gasteiger partial charge on any atom is 0.282 e. The molecule has 1 fully saturated rings. The molecule has 214 valence electrons. The number of carbonyl (C=O) groups excluding carboxylic acids is 2. The van der Waals surface area contributed by atoms with Crippen LogP contribution in [0.4, 0.5) is 14.5 Å². The summed E-state index contributed by atoms with van der Waals surface area (Å²) in [5, 5.41) is 21.6. The average molecular weight is 565 g/mol. The number of carbonyl (C=O) groups is 2. The summed E-state index contributed by atoms with van der Waals surface area (Å²) in [6.07, 6.45) is 7.79. The quantitative estimate of drug-likeness (QED) is 0.251. The summed E-state index contributed by atoms with van der Waals surface area (Å²) in [5.74, 6) is -3.35. The highest BCUT2D eigenvalue weighted by molar-refractivity contribution is 5.92. The third-order valence-electron chi connectivity index (χ3n) is 6.55. The van der Waals surface area contributed by atoms with E-state index in [1.54, 1.807) is 34.0 Å². The van der Waals surface area contributed by atoms with E-state index >= 15 is 0 Å². The molecule has 0 saturated carbocycles. The first kappa shape index (κ1) is 27.8. The molecule has 4 heterocycles. The molecule has 14 heteroatoms. The highest BCUT2D eigenvalue weighted by atomic mass is 19.3. The molecular formula is C27H30F2N10O2. The normalized spacial score (nSPS) is 14.0. The lowest BCUT2D eigenvalue weighted by molar-refractivity contribution is -0.0263. The Morgan fingerprint density at radius 2 is 1.49 bits per heavy atom. The van der Waals surface area contributed by atoms with Crippen LogP contribution in [0.2, 0.25) is 0 Å². The van der Waals surface area contributed by atoms with Crippen molar-refractivity contribution < 1.29 is 18.4 Å². The highest BCUT2D eigenvalue weighted by Crippen LogP contribution is 2.31. The van der Waals surface area contributed by atoms with E-state index < -0.39 is 11.8 Å². The Labute approximate surface area is 234 Å². The van der Waals surface area contributed by atoms with Gasteiger partial charge in [0, 0.05) is 32.4 Å². The van der Waals surface area contributed by atoms with Crippen LogP contribution in [0.3, 0.4) is 0 Å². The summed E-state index contributed by atoms with van der Waals surface area (Å²) >= 11 is 0. The second-order valence-corrected chi connectivity index (χ2v) is 10.1. The number of nitrogens with one attached hydrogen (secondary N) is 2. The van der Waals surface area contributed by atoms with Crippen LogP contribution in [0.25, 0.3) is 0 Å². The number of rotatable bonds is 12. The number of pyridine rings is 1. The number of amides is 2. The molecule has 2 amide bonds. The fraction of sp³-hybridized carbons (Fsp3) is 0.370. The summed E-state index contributed by atoms with van der Waals surface area (Å²) in [6, 6.07) is 9.65. The first-order valence-electron chi connectivity index (χ1n) is 13.2. The molecule has 1 aromatic carbocycles. The van der Waals surface area contributed by atoms with Gasteiger partial charge < -0.3 is 15.5 Å². The topological polar surface area (TPSA) is 136 Å². The smallest absolute Gasteiger partial charge is 0.282 e. The summed E-state index contributed by atoms with van der Waals surface area (Å²) in [7, 11) is 0. The van der Waals surface area contributed by atoms with E-state index in [1.807, 2.05) is 31.2 Å². The first-order chi connectivity index (χ1) is 19.7. The molecule has 3 aromatic heterocycles. The minimum absolute atomic E-state index is 0.175. The molecule has 5 rings (SSSR count). The van der Waals surface area contributed by atoms with Crippen LogP contribution < -0.4 is 15.5 Å².